The number of fused-ring (bicyclic) bond motifs is 1. The van der Waals surface area contributed by atoms with E-state index < -0.39 is 0 Å². The lowest BCUT2D eigenvalue weighted by molar-refractivity contribution is 0.245. The van der Waals surface area contributed by atoms with E-state index in [-0.39, 0.29) is 0 Å². The van der Waals surface area contributed by atoms with Crippen LogP contribution in [-0.2, 0) is 6.42 Å². The first-order valence-electron chi connectivity index (χ1n) is 7.44. The molecule has 1 heterocycles. The van der Waals surface area contributed by atoms with E-state index in [1.807, 2.05) is 24.3 Å². The topological polar surface area (TPSA) is 21.3 Å². The number of halogens is 1. The lowest BCUT2D eigenvalue weighted by Gasteiger charge is -2.29. The number of hydrogen-bond acceptors (Lipinski definition) is 2. The van der Waals surface area contributed by atoms with E-state index in [4.69, 9.17) is 16.3 Å². The van der Waals surface area contributed by atoms with Gasteiger partial charge >= 0.3 is 0 Å². The summed E-state index contributed by atoms with van der Waals surface area (Å²) in [6.07, 6.45) is 2.01. The minimum Gasteiger partial charge on any atom is -0.493 e. The van der Waals surface area contributed by atoms with Gasteiger partial charge in [-0.1, -0.05) is 41.9 Å². The van der Waals surface area contributed by atoms with E-state index in [1.165, 1.54) is 11.1 Å². The summed E-state index contributed by atoms with van der Waals surface area (Å²) in [7, 11) is 0. The molecule has 0 bridgehead atoms. The number of benzene rings is 2. The smallest absolute Gasteiger partial charge is 0.124 e. The number of nitrogens with one attached hydrogen (secondary N) is 1. The molecule has 3 rings (SSSR count). The molecule has 2 atom stereocenters. The first-order chi connectivity index (χ1) is 10.2. The highest BCUT2D eigenvalue weighted by atomic mass is 35.5. The predicted octanol–water partition coefficient (Wildman–Crippen LogP) is 4.38. The van der Waals surface area contributed by atoms with Gasteiger partial charge in [-0.05, 0) is 37.1 Å². The van der Waals surface area contributed by atoms with Crippen LogP contribution in [0.3, 0.4) is 0 Å². The summed E-state index contributed by atoms with van der Waals surface area (Å²) in [6, 6.07) is 17.2. The number of ether oxygens (including phenoxy) is 1. The van der Waals surface area contributed by atoms with E-state index >= 15 is 0 Å². The lowest BCUT2D eigenvalue weighted by Crippen LogP contribution is -2.35. The molecule has 1 aliphatic heterocycles. The van der Waals surface area contributed by atoms with Gasteiger partial charge in [-0.2, -0.15) is 0 Å². The second-order valence-corrected chi connectivity index (χ2v) is 6.06. The van der Waals surface area contributed by atoms with Crippen LogP contribution in [0.15, 0.2) is 48.5 Å². The van der Waals surface area contributed by atoms with Crippen LogP contribution in [0.1, 0.15) is 30.5 Å². The van der Waals surface area contributed by atoms with E-state index in [2.05, 4.69) is 36.5 Å². The number of rotatable bonds is 4. The van der Waals surface area contributed by atoms with Crippen molar-refractivity contribution in [3.63, 3.8) is 0 Å². The molecule has 0 amide bonds. The van der Waals surface area contributed by atoms with Gasteiger partial charge in [-0.15, -0.1) is 0 Å². The zero-order valence-corrected chi connectivity index (χ0v) is 12.9. The van der Waals surface area contributed by atoms with Crippen molar-refractivity contribution in [1.82, 2.24) is 5.32 Å². The van der Waals surface area contributed by atoms with Crippen molar-refractivity contribution in [2.45, 2.75) is 31.8 Å². The van der Waals surface area contributed by atoms with E-state index in [0.717, 1.165) is 30.2 Å². The molecule has 110 valence electrons. The van der Waals surface area contributed by atoms with E-state index in [0.29, 0.717) is 12.1 Å². The van der Waals surface area contributed by atoms with Gasteiger partial charge in [-0.25, -0.2) is 0 Å². The van der Waals surface area contributed by atoms with Crippen molar-refractivity contribution in [2.75, 3.05) is 6.61 Å². The highest BCUT2D eigenvalue weighted by Crippen LogP contribution is 2.31. The molecule has 1 N–H and O–H groups in total. The molecule has 2 unspecified atom stereocenters. The van der Waals surface area contributed by atoms with Crippen LogP contribution < -0.4 is 10.1 Å². The molecule has 1 aliphatic rings. The van der Waals surface area contributed by atoms with Crippen molar-refractivity contribution in [2.24, 2.45) is 0 Å². The fourth-order valence-corrected chi connectivity index (χ4v) is 3.02. The van der Waals surface area contributed by atoms with Crippen molar-refractivity contribution in [1.29, 1.82) is 0 Å². The van der Waals surface area contributed by atoms with Gasteiger partial charge in [0.25, 0.3) is 0 Å². The summed E-state index contributed by atoms with van der Waals surface area (Å²) in [5.41, 5.74) is 2.58. The van der Waals surface area contributed by atoms with Gasteiger partial charge in [0.2, 0.25) is 0 Å². The Kier molecular flexibility index (Phi) is 4.47. The standard InChI is InChI=1S/C18H20ClNO/c1-13(12-14-6-8-15(19)9-7-14)20-17-10-11-21-18-5-3-2-4-16(17)18/h2-9,13,17,20H,10-12H2,1H3. The molecule has 2 aromatic rings. The molecule has 3 heteroatoms. The zero-order valence-electron chi connectivity index (χ0n) is 12.2. The Morgan fingerprint density at radius 1 is 1.19 bits per heavy atom. The molecule has 0 saturated heterocycles. The normalized spacial score (nSPS) is 18.7. The van der Waals surface area contributed by atoms with Crippen LogP contribution in [0.4, 0.5) is 0 Å². The van der Waals surface area contributed by atoms with Crippen LogP contribution in [0.5, 0.6) is 5.75 Å². The van der Waals surface area contributed by atoms with Crippen molar-refractivity contribution >= 4 is 11.6 Å². The van der Waals surface area contributed by atoms with Gasteiger partial charge in [0.1, 0.15) is 5.75 Å². The average molecular weight is 302 g/mol. The van der Waals surface area contributed by atoms with Crippen LogP contribution in [0.25, 0.3) is 0 Å². The minimum absolute atomic E-state index is 0.372. The fraction of sp³-hybridized carbons (Fsp3) is 0.333. The summed E-state index contributed by atoms with van der Waals surface area (Å²) < 4.78 is 5.71. The molecular formula is C18H20ClNO. The maximum Gasteiger partial charge on any atom is 0.124 e. The third-order valence-electron chi connectivity index (χ3n) is 3.90. The lowest BCUT2D eigenvalue weighted by atomic mass is 9.98. The second kappa shape index (κ2) is 6.50. The highest BCUT2D eigenvalue weighted by molar-refractivity contribution is 6.30. The monoisotopic (exact) mass is 301 g/mol. The molecule has 0 fully saturated rings. The van der Waals surface area contributed by atoms with E-state index in [1.54, 1.807) is 0 Å². The van der Waals surface area contributed by atoms with Crippen molar-refractivity contribution < 1.29 is 4.74 Å². The van der Waals surface area contributed by atoms with Crippen LogP contribution in [-0.4, -0.2) is 12.6 Å². The van der Waals surface area contributed by atoms with Crippen molar-refractivity contribution in [3.05, 3.63) is 64.7 Å². The molecule has 0 aliphatic carbocycles. The Hall–Kier alpha value is -1.51. The molecule has 2 nitrogen and oxygen atoms in total. The largest absolute Gasteiger partial charge is 0.493 e. The maximum absolute atomic E-state index is 5.93. The quantitative estimate of drug-likeness (QED) is 0.904. The molecule has 21 heavy (non-hydrogen) atoms. The third kappa shape index (κ3) is 3.58. The Labute approximate surface area is 131 Å². The second-order valence-electron chi connectivity index (χ2n) is 5.63. The summed E-state index contributed by atoms with van der Waals surface area (Å²) in [5, 5.41) is 4.51. The molecule has 0 aromatic heterocycles. The van der Waals surface area contributed by atoms with Gasteiger partial charge in [0, 0.05) is 29.1 Å². The summed E-state index contributed by atoms with van der Waals surface area (Å²) in [4.78, 5) is 0. The van der Waals surface area contributed by atoms with Gasteiger partial charge in [0.05, 0.1) is 6.61 Å². The number of para-hydroxylation sites is 1. The van der Waals surface area contributed by atoms with Crippen molar-refractivity contribution in [3.8, 4) is 5.75 Å². The fourth-order valence-electron chi connectivity index (χ4n) is 2.89. The average Bonchev–Trinajstić information content (AvgIpc) is 2.50. The SMILES string of the molecule is CC(Cc1ccc(Cl)cc1)NC1CCOc2ccccc21. The molecular weight excluding hydrogens is 282 g/mol. The molecule has 2 aromatic carbocycles. The first-order valence-corrected chi connectivity index (χ1v) is 7.82. The zero-order chi connectivity index (χ0) is 14.7. The van der Waals surface area contributed by atoms with Crippen LogP contribution in [0, 0.1) is 0 Å². The van der Waals surface area contributed by atoms with Gasteiger partial charge < -0.3 is 10.1 Å². The Morgan fingerprint density at radius 3 is 2.76 bits per heavy atom. The Morgan fingerprint density at radius 2 is 1.95 bits per heavy atom. The van der Waals surface area contributed by atoms with Crippen LogP contribution in [0.2, 0.25) is 5.02 Å². The summed E-state index contributed by atoms with van der Waals surface area (Å²) in [5.74, 6) is 1.01. The Bertz CT molecular complexity index is 596. The molecule has 0 saturated carbocycles. The summed E-state index contributed by atoms with van der Waals surface area (Å²) in [6.45, 7) is 3.01. The summed E-state index contributed by atoms with van der Waals surface area (Å²) >= 11 is 5.93. The van der Waals surface area contributed by atoms with Gasteiger partial charge in [-0.3, -0.25) is 0 Å². The molecule has 0 radical (unpaired) electrons. The van der Waals surface area contributed by atoms with Gasteiger partial charge in [0.15, 0.2) is 0 Å². The first kappa shape index (κ1) is 14.4. The Balaban J connectivity index is 1.65. The molecule has 0 spiro atoms. The van der Waals surface area contributed by atoms with E-state index in [9.17, 15) is 0 Å². The van der Waals surface area contributed by atoms with Crippen LogP contribution >= 0.6 is 11.6 Å². The predicted molar refractivity (Wildman–Crippen MR) is 87.0 cm³/mol. The third-order valence-corrected chi connectivity index (χ3v) is 4.15. The number of hydrogen-bond donors (Lipinski definition) is 1. The minimum atomic E-state index is 0.372. The highest BCUT2D eigenvalue weighted by Gasteiger charge is 2.22. The maximum atomic E-state index is 5.93.